The van der Waals surface area contributed by atoms with Crippen molar-refractivity contribution in [1.82, 2.24) is 10.2 Å². The second-order valence-electron chi connectivity index (χ2n) is 4.89. The van der Waals surface area contributed by atoms with Gasteiger partial charge in [0.1, 0.15) is 5.56 Å². The second kappa shape index (κ2) is 6.19. The maximum atomic E-state index is 12.0. The number of halogens is 1. The molecule has 0 radical (unpaired) electrons. The predicted octanol–water partition coefficient (Wildman–Crippen LogP) is 2.07. The fourth-order valence-corrected chi connectivity index (χ4v) is 2.16. The minimum absolute atomic E-state index is 0.00317. The van der Waals surface area contributed by atoms with Crippen LogP contribution in [0.2, 0.25) is 5.02 Å². The normalized spacial score (nSPS) is 14.3. The van der Waals surface area contributed by atoms with E-state index in [-0.39, 0.29) is 11.3 Å². The van der Waals surface area contributed by atoms with Crippen molar-refractivity contribution in [3.05, 3.63) is 38.9 Å². The van der Waals surface area contributed by atoms with Crippen molar-refractivity contribution < 1.29 is 9.72 Å². The number of benzene rings is 1. The molecule has 1 aliphatic rings. The largest absolute Gasteiger partial charge is 0.351 e. The van der Waals surface area contributed by atoms with Gasteiger partial charge in [-0.3, -0.25) is 14.9 Å². The smallest absolute Gasteiger partial charge is 0.282 e. The maximum absolute atomic E-state index is 12.0. The molecule has 1 amide bonds. The van der Waals surface area contributed by atoms with Crippen LogP contribution in [0.3, 0.4) is 0 Å². The second-order valence-corrected chi connectivity index (χ2v) is 5.32. The average Bonchev–Trinajstić information content (AvgIpc) is 3.22. The molecule has 0 heterocycles. The van der Waals surface area contributed by atoms with Crippen LogP contribution in [-0.4, -0.2) is 41.9 Å². The van der Waals surface area contributed by atoms with E-state index >= 15 is 0 Å². The first-order valence-corrected chi connectivity index (χ1v) is 6.79. The van der Waals surface area contributed by atoms with E-state index in [1.165, 1.54) is 31.0 Å². The maximum Gasteiger partial charge on any atom is 0.282 e. The number of likely N-dealkylation sites (N-methyl/N-ethyl adjacent to an activating group) is 1. The molecular formula is C13H16ClN3O3. The van der Waals surface area contributed by atoms with Crippen molar-refractivity contribution in [3.63, 3.8) is 0 Å². The van der Waals surface area contributed by atoms with Gasteiger partial charge in [-0.25, -0.2) is 0 Å². The molecular weight excluding hydrogens is 282 g/mol. The number of nitrogens with one attached hydrogen (secondary N) is 1. The van der Waals surface area contributed by atoms with Crippen molar-refractivity contribution in [2.45, 2.75) is 18.9 Å². The molecule has 1 aliphatic carbocycles. The zero-order valence-electron chi connectivity index (χ0n) is 11.1. The van der Waals surface area contributed by atoms with E-state index in [0.29, 0.717) is 17.6 Å². The highest BCUT2D eigenvalue weighted by atomic mass is 35.5. The average molecular weight is 298 g/mol. The van der Waals surface area contributed by atoms with Gasteiger partial charge in [0.05, 0.1) is 4.92 Å². The van der Waals surface area contributed by atoms with Gasteiger partial charge >= 0.3 is 0 Å². The summed E-state index contributed by atoms with van der Waals surface area (Å²) in [6.07, 6.45) is 2.40. The summed E-state index contributed by atoms with van der Waals surface area (Å²) in [5.74, 6) is -0.469. The van der Waals surface area contributed by atoms with Crippen molar-refractivity contribution in [2.75, 3.05) is 20.1 Å². The summed E-state index contributed by atoms with van der Waals surface area (Å²) in [6, 6.07) is 4.58. The number of nitrogens with zero attached hydrogens (tertiary/aromatic N) is 2. The third-order valence-corrected chi connectivity index (χ3v) is 3.56. The molecule has 1 fully saturated rings. The molecule has 0 saturated heterocycles. The minimum Gasteiger partial charge on any atom is -0.351 e. The molecule has 1 N–H and O–H groups in total. The zero-order chi connectivity index (χ0) is 14.7. The van der Waals surface area contributed by atoms with Gasteiger partial charge in [0.2, 0.25) is 0 Å². The third kappa shape index (κ3) is 3.68. The van der Waals surface area contributed by atoms with E-state index in [1.807, 2.05) is 7.05 Å². The SMILES string of the molecule is CN(CCNC(=O)c1cc(Cl)ccc1[N+](=O)[O-])C1CC1. The Morgan fingerprint density at radius 3 is 2.85 bits per heavy atom. The van der Waals surface area contributed by atoms with Gasteiger partial charge in [-0.1, -0.05) is 11.6 Å². The van der Waals surface area contributed by atoms with Crippen LogP contribution in [0, 0.1) is 10.1 Å². The Balaban J connectivity index is 1.97. The summed E-state index contributed by atoms with van der Waals surface area (Å²) in [5.41, 5.74) is -0.237. The van der Waals surface area contributed by atoms with Crippen LogP contribution in [-0.2, 0) is 0 Å². The van der Waals surface area contributed by atoms with Gasteiger partial charge in [0, 0.05) is 30.2 Å². The zero-order valence-corrected chi connectivity index (χ0v) is 11.9. The topological polar surface area (TPSA) is 75.5 Å². The first-order valence-electron chi connectivity index (χ1n) is 6.41. The molecule has 0 bridgehead atoms. The summed E-state index contributed by atoms with van der Waals surface area (Å²) in [6.45, 7) is 1.18. The van der Waals surface area contributed by atoms with Crippen LogP contribution in [0.25, 0.3) is 0 Å². The van der Waals surface area contributed by atoms with Crippen LogP contribution in [0.15, 0.2) is 18.2 Å². The minimum atomic E-state index is -0.582. The molecule has 108 valence electrons. The number of hydrogen-bond acceptors (Lipinski definition) is 4. The Morgan fingerprint density at radius 1 is 1.55 bits per heavy atom. The first-order chi connectivity index (χ1) is 9.49. The van der Waals surface area contributed by atoms with E-state index in [1.54, 1.807) is 0 Å². The van der Waals surface area contributed by atoms with Crippen molar-refractivity contribution in [3.8, 4) is 0 Å². The lowest BCUT2D eigenvalue weighted by Crippen LogP contribution is -2.34. The van der Waals surface area contributed by atoms with Crippen molar-refractivity contribution in [1.29, 1.82) is 0 Å². The Hall–Kier alpha value is -1.66. The number of hydrogen-bond donors (Lipinski definition) is 1. The molecule has 20 heavy (non-hydrogen) atoms. The monoisotopic (exact) mass is 297 g/mol. The summed E-state index contributed by atoms with van der Waals surface area (Å²) >= 11 is 5.79. The van der Waals surface area contributed by atoms with E-state index < -0.39 is 10.8 Å². The Labute approximate surface area is 121 Å². The summed E-state index contributed by atoms with van der Waals surface area (Å²) in [7, 11) is 2.01. The van der Waals surface area contributed by atoms with Crippen molar-refractivity contribution in [2.24, 2.45) is 0 Å². The van der Waals surface area contributed by atoms with Crippen LogP contribution < -0.4 is 5.32 Å². The van der Waals surface area contributed by atoms with Gasteiger partial charge in [-0.05, 0) is 32.0 Å². The molecule has 0 aliphatic heterocycles. The Bertz CT molecular complexity index is 532. The van der Waals surface area contributed by atoms with Crippen LogP contribution in [0.1, 0.15) is 23.2 Å². The van der Waals surface area contributed by atoms with Gasteiger partial charge < -0.3 is 10.2 Å². The number of nitro benzene ring substituents is 1. The predicted molar refractivity (Wildman–Crippen MR) is 76.1 cm³/mol. The fraction of sp³-hybridized carbons (Fsp3) is 0.462. The molecule has 1 aromatic carbocycles. The summed E-state index contributed by atoms with van der Waals surface area (Å²) in [4.78, 5) is 24.5. The third-order valence-electron chi connectivity index (χ3n) is 3.32. The van der Waals surface area contributed by atoms with E-state index in [9.17, 15) is 14.9 Å². The van der Waals surface area contributed by atoms with Gasteiger partial charge in [0.25, 0.3) is 11.6 Å². The number of carbonyl (C=O) groups is 1. The summed E-state index contributed by atoms with van der Waals surface area (Å²) in [5, 5.41) is 13.9. The van der Waals surface area contributed by atoms with Crippen LogP contribution in [0.5, 0.6) is 0 Å². The van der Waals surface area contributed by atoms with E-state index in [2.05, 4.69) is 10.2 Å². The Kier molecular flexibility index (Phi) is 4.57. The number of carbonyl (C=O) groups excluding carboxylic acids is 1. The van der Waals surface area contributed by atoms with Crippen molar-refractivity contribution >= 4 is 23.2 Å². The standard InChI is InChI=1S/C13H16ClN3O3/c1-16(10-3-4-10)7-6-15-13(18)11-8-9(14)2-5-12(11)17(19)20/h2,5,8,10H,3-4,6-7H2,1H3,(H,15,18). The number of amides is 1. The first kappa shape index (κ1) is 14.7. The quantitative estimate of drug-likeness (QED) is 0.644. The van der Waals surface area contributed by atoms with E-state index in [0.717, 1.165) is 6.54 Å². The molecule has 0 spiro atoms. The highest BCUT2D eigenvalue weighted by molar-refractivity contribution is 6.31. The Morgan fingerprint density at radius 2 is 2.25 bits per heavy atom. The highest BCUT2D eigenvalue weighted by Gasteiger charge is 2.26. The summed E-state index contributed by atoms with van der Waals surface area (Å²) < 4.78 is 0. The molecule has 1 aromatic rings. The number of rotatable bonds is 6. The molecule has 6 nitrogen and oxygen atoms in total. The van der Waals surface area contributed by atoms with E-state index in [4.69, 9.17) is 11.6 Å². The number of nitro groups is 1. The lowest BCUT2D eigenvalue weighted by Gasteiger charge is -2.15. The molecule has 0 atom stereocenters. The molecule has 0 aromatic heterocycles. The molecule has 1 saturated carbocycles. The highest BCUT2D eigenvalue weighted by Crippen LogP contribution is 2.25. The van der Waals surface area contributed by atoms with Crippen LogP contribution in [0.4, 0.5) is 5.69 Å². The molecule has 7 heteroatoms. The van der Waals surface area contributed by atoms with Gasteiger partial charge in [-0.15, -0.1) is 0 Å². The van der Waals surface area contributed by atoms with Gasteiger partial charge in [0.15, 0.2) is 0 Å². The molecule has 0 unspecified atom stereocenters. The lowest BCUT2D eigenvalue weighted by atomic mass is 10.1. The van der Waals surface area contributed by atoms with Gasteiger partial charge in [-0.2, -0.15) is 0 Å². The fourth-order valence-electron chi connectivity index (χ4n) is 1.99. The van der Waals surface area contributed by atoms with Crippen LogP contribution >= 0.6 is 11.6 Å². The molecule has 2 rings (SSSR count). The lowest BCUT2D eigenvalue weighted by molar-refractivity contribution is -0.385.